The Morgan fingerprint density at radius 1 is 1.12 bits per heavy atom. The highest BCUT2D eigenvalue weighted by Crippen LogP contribution is 2.67. The molecule has 4 aliphatic rings. The van der Waals surface area contributed by atoms with Gasteiger partial charge in [-0.05, 0) is 79.9 Å². The van der Waals surface area contributed by atoms with Crippen molar-refractivity contribution in [2.45, 2.75) is 58.4 Å². The Morgan fingerprint density at radius 2 is 2.00 bits per heavy atom. The van der Waals surface area contributed by atoms with Crippen LogP contribution >= 0.6 is 11.6 Å². The fourth-order valence-electron chi connectivity index (χ4n) is 8.13. The van der Waals surface area contributed by atoms with Crippen LogP contribution in [0.3, 0.4) is 0 Å². The van der Waals surface area contributed by atoms with E-state index in [1.54, 1.807) is 12.3 Å². The summed E-state index contributed by atoms with van der Waals surface area (Å²) >= 11 is 5.90. The molecule has 6 heteroatoms. The normalized spacial score (nSPS) is 39.5. The fourth-order valence-corrected chi connectivity index (χ4v) is 8.24. The maximum atomic E-state index is 13.3. The van der Waals surface area contributed by atoms with Gasteiger partial charge in [-0.25, -0.2) is 9.97 Å². The Labute approximate surface area is 194 Å². The van der Waals surface area contributed by atoms with Crippen molar-refractivity contribution in [3.8, 4) is 0 Å². The van der Waals surface area contributed by atoms with Crippen molar-refractivity contribution in [3.63, 3.8) is 0 Å². The summed E-state index contributed by atoms with van der Waals surface area (Å²) in [4.78, 5) is 22.0. The maximum Gasteiger partial charge on any atom is 0.228 e. The number of nitrogens with zero attached hydrogens (tertiary/aromatic N) is 3. The third kappa shape index (κ3) is 2.86. The van der Waals surface area contributed by atoms with Crippen LogP contribution in [0.1, 0.15) is 64.2 Å². The summed E-state index contributed by atoms with van der Waals surface area (Å²) in [6.45, 7) is 4.87. The Morgan fingerprint density at radius 3 is 2.81 bits per heavy atom. The maximum absolute atomic E-state index is 13.3. The number of amides is 1. The molecular formula is C26H31ClN4O. The lowest BCUT2D eigenvalue weighted by Gasteiger charge is -2.59. The van der Waals surface area contributed by atoms with E-state index in [1.165, 1.54) is 19.3 Å². The Bertz CT molecular complexity index is 1080. The molecule has 1 amide bonds. The van der Waals surface area contributed by atoms with Crippen LogP contribution in [-0.4, -0.2) is 20.4 Å². The van der Waals surface area contributed by atoms with Gasteiger partial charge in [0.05, 0.1) is 11.9 Å². The lowest BCUT2D eigenvalue weighted by molar-refractivity contribution is -0.127. The van der Waals surface area contributed by atoms with Crippen LogP contribution in [0.25, 0.3) is 6.08 Å². The number of anilines is 1. The summed E-state index contributed by atoms with van der Waals surface area (Å²) in [5.74, 6) is 3.31. The van der Waals surface area contributed by atoms with Crippen molar-refractivity contribution < 1.29 is 4.79 Å². The summed E-state index contributed by atoms with van der Waals surface area (Å²) in [6, 6.07) is 4.07. The number of aromatic nitrogens is 3. The second-order valence-electron chi connectivity index (χ2n) is 10.9. The molecule has 168 valence electrons. The summed E-state index contributed by atoms with van der Waals surface area (Å²) in [5, 5.41) is 3.56. The Kier molecular flexibility index (Phi) is 4.59. The Hall–Kier alpha value is -2.14. The van der Waals surface area contributed by atoms with E-state index in [2.05, 4.69) is 52.0 Å². The molecule has 0 aromatic carbocycles. The molecule has 1 N–H and O–H groups in total. The van der Waals surface area contributed by atoms with Crippen molar-refractivity contribution in [2.75, 3.05) is 5.32 Å². The molecule has 2 aromatic heterocycles. The number of halogens is 1. The molecule has 5 nitrogen and oxygen atoms in total. The predicted octanol–water partition coefficient (Wildman–Crippen LogP) is 6.00. The first-order valence-electron chi connectivity index (χ1n) is 12.0. The average Bonchev–Trinajstić information content (AvgIpc) is 3.39. The number of hydrogen-bond acceptors (Lipinski definition) is 3. The smallest absolute Gasteiger partial charge is 0.228 e. The molecule has 0 radical (unpaired) electrons. The molecule has 7 atom stereocenters. The van der Waals surface area contributed by atoms with Gasteiger partial charge in [0.2, 0.25) is 5.91 Å². The Balaban J connectivity index is 1.24. The van der Waals surface area contributed by atoms with Crippen LogP contribution in [0, 0.1) is 34.5 Å². The highest BCUT2D eigenvalue weighted by Gasteiger charge is 2.61. The number of imidazole rings is 1. The summed E-state index contributed by atoms with van der Waals surface area (Å²) in [5.41, 5.74) is 0.983. The van der Waals surface area contributed by atoms with Crippen molar-refractivity contribution >= 4 is 29.3 Å². The highest BCUT2D eigenvalue weighted by molar-refractivity contribution is 6.29. The molecule has 0 bridgehead atoms. The van der Waals surface area contributed by atoms with Gasteiger partial charge in [-0.1, -0.05) is 31.5 Å². The predicted molar refractivity (Wildman–Crippen MR) is 126 cm³/mol. The SMILES string of the molecule is C[C@]12CC[C@H]3[C@@H](CCC4n5ccnc5C=C[C@@]43C)[C@@H]1CC[C@@H]2C(=O)Nc1ccc(Cl)nc1. The lowest BCUT2D eigenvalue weighted by Crippen LogP contribution is -2.53. The van der Waals surface area contributed by atoms with E-state index in [9.17, 15) is 4.79 Å². The van der Waals surface area contributed by atoms with E-state index >= 15 is 0 Å². The number of nitrogens with one attached hydrogen (secondary N) is 1. The first-order chi connectivity index (χ1) is 15.4. The summed E-state index contributed by atoms with van der Waals surface area (Å²) in [7, 11) is 0. The number of carbonyl (C=O) groups excluding carboxylic acids is 1. The van der Waals surface area contributed by atoms with Crippen molar-refractivity contribution in [2.24, 2.45) is 34.5 Å². The molecule has 1 aliphatic heterocycles. The first-order valence-corrected chi connectivity index (χ1v) is 12.4. The van der Waals surface area contributed by atoms with Crippen LogP contribution in [0.4, 0.5) is 5.69 Å². The largest absolute Gasteiger partial charge is 0.328 e. The topological polar surface area (TPSA) is 59.8 Å². The second-order valence-corrected chi connectivity index (χ2v) is 11.3. The molecule has 1 unspecified atom stereocenters. The third-order valence-electron chi connectivity index (χ3n) is 9.66. The van der Waals surface area contributed by atoms with Gasteiger partial charge in [-0.2, -0.15) is 0 Å². The van der Waals surface area contributed by atoms with Gasteiger partial charge in [0.15, 0.2) is 0 Å². The minimum absolute atomic E-state index is 0.0665. The van der Waals surface area contributed by atoms with Crippen LogP contribution in [0.2, 0.25) is 5.15 Å². The zero-order valence-corrected chi connectivity index (χ0v) is 19.6. The summed E-state index contributed by atoms with van der Waals surface area (Å²) in [6.07, 6.45) is 17.4. The van der Waals surface area contributed by atoms with Crippen molar-refractivity contribution in [3.05, 3.63) is 47.8 Å². The second kappa shape index (κ2) is 7.18. The molecule has 6 rings (SSSR count). The van der Waals surface area contributed by atoms with Crippen LogP contribution in [0.15, 0.2) is 36.8 Å². The molecule has 0 saturated heterocycles. The molecule has 0 spiro atoms. The lowest BCUT2D eigenvalue weighted by atomic mass is 9.48. The van der Waals surface area contributed by atoms with Gasteiger partial charge in [-0.15, -0.1) is 0 Å². The molecule has 32 heavy (non-hydrogen) atoms. The average molecular weight is 451 g/mol. The van der Waals surface area contributed by atoms with Gasteiger partial charge >= 0.3 is 0 Å². The van der Waals surface area contributed by atoms with Crippen LogP contribution in [-0.2, 0) is 4.79 Å². The molecule has 3 fully saturated rings. The van der Waals surface area contributed by atoms with E-state index in [1.807, 2.05) is 12.3 Å². The molecule has 3 saturated carbocycles. The molecule has 2 aromatic rings. The minimum atomic E-state index is 0.0665. The number of allylic oxidation sites excluding steroid dienone is 1. The number of pyridine rings is 1. The van der Waals surface area contributed by atoms with Crippen molar-refractivity contribution in [1.82, 2.24) is 14.5 Å². The van der Waals surface area contributed by atoms with Gasteiger partial charge in [-0.3, -0.25) is 4.79 Å². The summed E-state index contributed by atoms with van der Waals surface area (Å²) < 4.78 is 2.41. The van der Waals surface area contributed by atoms with Crippen molar-refractivity contribution in [1.29, 1.82) is 0 Å². The van der Waals surface area contributed by atoms with Crippen LogP contribution < -0.4 is 5.32 Å². The number of carbonyl (C=O) groups is 1. The fraction of sp³-hybridized carbons (Fsp3) is 0.577. The molecule has 3 aliphatic carbocycles. The van der Waals surface area contributed by atoms with Gasteiger partial charge in [0.1, 0.15) is 11.0 Å². The number of rotatable bonds is 2. The van der Waals surface area contributed by atoms with Gasteiger partial charge in [0.25, 0.3) is 0 Å². The minimum Gasteiger partial charge on any atom is -0.328 e. The standard InChI is InChI=1S/C26H31ClN4O/c1-25-11-9-19-17(4-7-21-26(19,2)12-10-23-28-13-14-31(21)23)18(25)5-6-20(25)24(32)30-16-3-8-22(27)29-15-16/h3,8,10,12-15,17-21H,4-7,9,11H2,1-2H3,(H,30,32)/t17-,18-,19-,20+,21?,25-,26+/m0/s1. The number of hydrogen-bond donors (Lipinski definition) is 1. The van der Waals surface area contributed by atoms with Crippen LogP contribution in [0.5, 0.6) is 0 Å². The van der Waals surface area contributed by atoms with Gasteiger partial charge < -0.3 is 9.88 Å². The van der Waals surface area contributed by atoms with E-state index in [-0.39, 0.29) is 22.7 Å². The quantitative estimate of drug-likeness (QED) is 0.571. The zero-order valence-electron chi connectivity index (χ0n) is 18.8. The zero-order chi connectivity index (χ0) is 22.1. The van der Waals surface area contributed by atoms with Gasteiger partial charge in [0, 0.05) is 29.8 Å². The molecule has 3 heterocycles. The highest BCUT2D eigenvalue weighted by atomic mass is 35.5. The number of fused-ring (bicyclic) bond motifs is 7. The van der Waals surface area contributed by atoms with E-state index in [4.69, 9.17) is 11.6 Å². The third-order valence-corrected chi connectivity index (χ3v) is 9.89. The molecular weight excluding hydrogens is 420 g/mol. The van der Waals surface area contributed by atoms with E-state index < -0.39 is 0 Å². The first kappa shape index (κ1) is 20.5. The van der Waals surface area contributed by atoms with E-state index in [0.717, 1.165) is 30.8 Å². The van der Waals surface area contributed by atoms with E-state index in [0.29, 0.717) is 28.9 Å². The monoisotopic (exact) mass is 450 g/mol.